The SMILES string of the molecule is CSc1ccc(C(=O)NCc2cn3ccsc3n2)cc1. The largest absolute Gasteiger partial charge is 0.346 e. The Hall–Kier alpha value is -1.79. The summed E-state index contributed by atoms with van der Waals surface area (Å²) in [5.74, 6) is -0.0750. The summed E-state index contributed by atoms with van der Waals surface area (Å²) in [6, 6.07) is 7.58. The van der Waals surface area contributed by atoms with Crippen molar-refractivity contribution in [2.75, 3.05) is 6.26 Å². The van der Waals surface area contributed by atoms with E-state index in [2.05, 4.69) is 10.3 Å². The Balaban J connectivity index is 1.64. The second-order valence-electron chi connectivity index (χ2n) is 4.24. The first-order chi connectivity index (χ1) is 9.76. The Morgan fingerprint density at radius 3 is 2.90 bits per heavy atom. The summed E-state index contributed by atoms with van der Waals surface area (Å²) in [5.41, 5.74) is 1.54. The van der Waals surface area contributed by atoms with Gasteiger partial charge in [0.15, 0.2) is 4.96 Å². The Morgan fingerprint density at radius 1 is 1.40 bits per heavy atom. The number of carbonyl (C=O) groups is 1. The van der Waals surface area contributed by atoms with E-state index in [1.54, 1.807) is 23.1 Å². The predicted molar refractivity (Wildman–Crippen MR) is 82.5 cm³/mol. The van der Waals surface area contributed by atoms with Gasteiger partial charge in [0.05, 0.1) is 12.2 Å². The van der Waals surface area contributed by atoms with Crippen LogP contribution in [0.1, 0.15) is 16.1 Å². The Kier molecular flexibility index (Phi) is 3.75. The number of nitrogens with zero attached hydrogens (tertiary/aromatic N) is 2. The van der Waals surface area contributed by atoms with Gasteiger partial charge in [-0.1, -0.05) is 0 Å². The van der Waals surface area contributed by atoms with Crippen molar-refractivity contribution in [2.24, 2.45) is 0 Å². The van der Waals surface area contributed by atoms with Crippen molar-refractivity contribution in [1.29, 1.82) is 0 Å². The molecule has 2 aromatic heterocycles. The second-order valence-corrected chi connectivity index (χ2v) is 5.99. The number of aromatic nitrogens is 2. The third kappa shape index (κ3) is 2.71. The smallest absolute Gasteiger partial charge is 0.251 e. The second kappa shape index (κ2) is 5.68. The summed E-state index contributed by atoms with van der Waals surface area (Å²) >= 11 is 3.24. The minimum atomic E-state index is -0.0750. The molecule has 0 atom stereocenters. The highest BCUT2D eigenvalue weighted by Crippen LogP contribution is 2.15. The van der Waals surface area contributed by atoms with Gasteiger partial charge in [-0.15, -0.1) is 23.1 Å². The quantitative estimate of drug-likeness (QED) is 0.754. The number of thioether (sulfide) groups is 1. The lowest BCUT2D eigenvalue weighted by Crippen LogP contribution is -2.22. The molecule has 3 aromatic rings. The van der Waals surface area contributed by atoms with Crippen LogP contribution in [0.3, 0.4) is 0 Å². The van der Waals surface area contributed by atoms with E-state index in [0.29, 0.717) is 12.1 Å². The van der Waals surface area contributed by atoms with Crippen LogP contribution in [-0.4, -0.2) is 21.5 Å². The summed E-state index contributed by atoms with van der Waals surface area (Å²) in [7, 11) is 0. The molecule has 0 saturated carbocycles. The lowest BCUT2D eigenvalue weighted by molar-refractivity contribution is 0.0950. The minimum Gasteiger partial charge on any atom is -0.346 e. The zero-order valence-electron chi connectivity index (χ0n) is 10.9. The normalized spacial score (nSPS) is 10.8. The average Bonchev–Trinajstić information content (AvgIpc) is 3.06. The number of thiazole rings is 1. The van der Waals surface area contributed by atoms with Gasteiger partial charge in [-0.3, -0.25) is 9.20 Å². The molecule has 6 heteroatoms. The number of imidazole rings is 1. The van der Waals surface area contributed by atoms with Crippen LogP contribution in [0.2, 0.25) is 0 Å². The van der Waals surface area contributed by atoms with Crippen LogP contribution >= 0.6 is 23.1 Å². The molecule has 0 bridgehead atoms. The van der Waals surface area contributed by atoms with E-state index in [-0.39, 0.29) is 5.91 Å². The van der Waals surface area contributed by atoms with Crippen molar-refractivity contribution in [2.45, 2.75) is 11.4 Å². The maximum Gasteiger partial charge on any atom is 0.251 e. The highest BCUT2D eigenvalue weighted by Gasteiger charge is 2.07. The molecular formula is C14H13N3OS2. The summed E-state index contributed by atoms with van der Waals surface area (Å²) in [6.45, 7) is 0.442. The fourth-order valence-electron chi connectivity index (χ4n) is 1.88. The van der Waals surface area contributed by atoms with Gasteiger partial charge >= 0.3 is 0 Å². The van der Waals surface area contributed by atoms with Crippen molar-refractivity contribution in [3.8, 4) is 0 Å². The average molecular weight is 303 g/mol. The van der Waals surface area contributed by atoms with Crippen LogP contribution in [0.25, 0.3) is 4.96 Å². The Morgan fingerprint density at radius 2 is 2.20 bits per heavy atom. The van der Waals surface area contributed by atoms with E-state index in [1.165, 1.54) is 0 Å². The van der Waals surface area contributed by atoms with E-state index >= 15 is 0 Å². The van der Waals surface area contributed by atoms with E-state index < -0.39 is 0 Å². The molecule has 4 nitrogen and oxygen atoms in total. The van der Waals surface area contributed by atoms with Gasteiger partial charge in [-0.2, -0.15) is 0 Å². The molecule has 0 spiro atoms. The molecule has 0 aliphatic heterocycles. The molecule has 2 heterocycles. The molecule has 0 saturated heterocycles. The first-order valence-corrected chi connectivity index (χ1v) is 8.20. The Labute approximate surface area is 124 Å². The lowest BCUT2D eigenvalue weighted by atomic mass is 10.2. The number of hydrogen-bond donors (Lipinski definition) is 1. The molecule has 0 aliphatic carbocycles. The van der Waals surface area contributed by atoms with Crippen LogP contribution in [0, 0.1) is 0 Å². The van der Waals surface area contributed by atoms with Gasteiger partial charge < -0.3 is 5.32 Å². The molecule has 0 aliphatic rings. The van der Waals surface area contributed by atoms with Crippen molar-refractivity contribution in [1.82, 2.24) is 14.7 Å². The molecule has 0 fully saturated rings. The fourth-order valence-corrected chi connectivity index (χ4v) is 3.00. The maximum atomic E-state index is 12.0. The molecular weight excluding hydrogens is 290 g/mol. The molecule has 1 N–H and O–H groups in total. The molecule has 20 heavy (non-hydrogen) atoms. The number of carbonyl (C=O) groups excluding carboxylic acids is 1. The van der Waals surface area contributed by atoms with Crippen LogP contribution in [0.4, 0.5) is 0 Å². The van der Waals surface area contributed by atoms with Crippen molar-refractivity contribution in [3.05, 3.63) is 53.3 Å². The molecule has 0 radical (unpaired) electrons. The van der Waals surface area contributed by atoms with Crippen LogP contribution in [-0.2, 0) is 6.54 Å². The Bertz CT molecular complexity index is 702. The molecule has 102 valence electrons. The standard InChI is InChI=1S/C14H13N3OS2/c1-19-12-4-2-10(3-5-12)13(18)15-8-11-9-17-6-7-20-14(17)16-11/h2-7,9H,8H2,1H3,(H,15,18). The van der Waals surface area contributed by atoms with Gasteiger partial charge in [-0.25, -0.2) is 4.98 Å². The predicted octanol–water partition coefficient (Wildman–Crippen LogP) is 3.05. The number of hydrogen-bond acceptors (Lipinski definition) is 4. The van der Waals surface area contributed by atoms with E-state index in [4.69, 9.17) is 0 Å². The first-order valence-electron chi connectivity index (χ1n) is 6.09. The van der Waals surface area contributed by atoms with Crippen LogP contribution < -0.4 is 5.32 Å². The third-order valence-corrected chi connectivity index (χ3v) is 4.44. The number of fused-ring (bicyclic) bond motifs is 1. The number of nitrogens with one attached hydrogen (secondary N) is 1. The van der Waals surface area contributed by atoms with E-state index in [1.807, 2.05) is 52.7 Å². The number of amides is 1. The highest BCUT2D eigenvalue weighted by atomic mass is 32.2. The fraction of sp³-hybridized carbons (Fsp3) is 0.143. The van der Waals surface area contributed by atoms with Gasteiger partial charge in [0.25, 0.3) is 5.91 Å². The van der Waals surface area contributed by atoms with Crippen LogP contribution in [0.15, 0.2) is 46.9 Å². The van der Waals surface area contributed by atoms with Crippen molar-refractivity contribution < 1.29 is 4.79 Å². The van der Waals surface area contributed by atoms with Gasteiger partial charge in [0.1, 0.15) is 0 Å². The van der Waals surface area contributed by atoms with Gasteiger partial charge in [0, 0.05) is 28.2 Å². The molecule has 3 rings (SSSR count). The summed E-state index contributed by atoms with van der Waals surface area (Å²) < 4.78 is 1.96. The van der Waals surface area contributed by atoms with Crippen LogP contribution in [0.5, 0.6) is 0 Å². The highest BCUT2D eigenvalue weighted by molar-refractivity contribution is 7.98. The zero-order chi connectivity index (χ0) is 13.9. The summed E-state index contributed by atoms with van der Waals surface area (Å²) in [6.07, 6.45) is 5.90. The maximum absolute atomic E-state index is 12.0. The number of benzene rings is 1. The monoisotopic (exact) mass is 303 g/mol. The minimum absolute atomic E-state index is 0.0750. The van der Waals surface area contributed by atoms with Gasteiger partial charge in [-0.05, 0) is 30.5 Å². The zero-order valence-corrected chi connectivity index (χ0v) is 12.5. The third-order valence-electron chi connectivity index (χ3n) is 2.93. The topological polar surface area (TPSA) is 46.4 Å². The summed E-state index contributed by atoms with van der Waals surface area (Å²) in [5, 5.41) is 4.87. The number of rotatable bonds is 4. The van der Waals surface area contributed by atoms with Gasteiger partial charge in [0.2, 0.25) is 0 Å². The lowest BCUT2D eigenvalue weighted by Gasteiger charge is -2.04. The van der Waals surface area contributed by atoms with Crippen molar-refractivity contribution >= 4 is 34.0 Å². The van der Waals surface area contributed by atoms with E-state index in [0.717, 1.165) is 15.6 Å². The molecule has 1 aromatic carbocycles. The van der Waals surface area contributed by atoms with Crippen molar-refractivity contribution in [3.63, 3.8) is 0 Å². The van der Waals surface area contributed by atoms with E-state index in [9.17, 15) is 4.79 Å². The molecule has 1 amide bonds. The molecule has 0 unspecified atom stereocenters. The first kappa shape index (κ1) is 13.2. The summed E-state index contributed by atoms with van der Waals surface area (Å²) in [4.78, 5) is 18.5.